The van der Waals surface area contributed by atoms with Crippen LogP contribution in [0.3, 0.4) is 0 Å². The Morgan fingerprint density at radius 3 is 2.54 bits per heavy atom. The molecule has 0 aliphatic rings. The maximum absolute atomic E-state index is 12.8. The van der Waals surface area contributed by atoms with Crippen molar-refractivity contribution in [3.05, 3.63) is 27.7 Å². The van der Waals surface area contributed by atoms with E-state index in [1.54, 1.807) is 0 Å². The summed E-state index contributed by atoms with van der Waals surface area (Å²) in [6.45, 7) is 0. The first-order chi connectivity index (χ1) is 6.06. The summed E-state index contributed by atoms with van der Waals surface area (Å²) in [6.07, 6.45) is -2.68. The monoisotopic (exact) mass is 253 g/mol. The van der Waals surface area contributed by atoms with Gasteiger partial charge in [0.05, 0.1) is 5.56 Å². The maximum atomic E-state index is 12.8. The van der Waals surface area contributed by atoms with E-state index in [1.807, 2.05) is 0 Å². The van der Waals surface area contributed by atoms with Crippen molar-refractivity contribution in [3.8, 4) is 0 Å². The molecule has 0 aliphatic heterocycles. The normalized spacial score (nSPS) is 10.5. The SMILES string of the molecule is O=Cc1cc(F)c(C(F)F)c(Br)n1. The Bertz CT molecular complexity index is 320. The molecule has 13 heavy (non-hydrogen) atoms. The molecule has 0 N–H and O–H groups in total. The molecule has 1 rings (SSSR count). The van der Waals surface area contributed by atoms with Crippen molar-refractivity contribution >= 4 is 22.2 Å². The summed E-state index contributed by atoms with van der Waals surface area (Å²) >= 11 is 2.65. The molecule has 0 radical (unpaired) electrons. The van der Waals surface area contributed by atoms with Crippen LogP contribution < -0.4 is 0 Å². The van der Waals surface area contributed by atoms with Gasteiger partial charge in [-0.15, -0.1) is 0 Å². The summed E-state index contributed by atoms with van der Waals surface area (Å²) in [5, 5.41) is 0. The lowest BCUT2D eigenvalue weighted by atomic mass is 10.2. The van der Waals surface area contributed by atoms with E-state index < -0.39 is 17.8 Å². The Labute approximate surface area is 79.9 Å². The number of carbonyl (C=O) groups is 1. The van der Waals surface area contributed by atoms with Crippen molar-refractivity contribution in [2.75, 3.05) is 0 Å². The summed E-state index contributed by atoms with van der Waals surface area (Å²) in [4.78, 5) is 13.6. The number of hydrogen-bond donors (Lipinski definition) is 0. The fourth-order valence-corrected chi connectivity index (χ4v) is 1.33. The molecule has 0 fully saturated rings. The Morgan fingerprint density at radius 1 is 1.54 bits per heavy atom. The number of pyridine rings is 1. The number of aldehydes is 1. The highest BCUT2D eigenvalue weighted by Gasteiger charge is 2.19. The number of carbonyl (C=O) groups excluding carboxylic acids is 1. The maximum Gasteiger partial charge on any atom is 0.269 e. The van der Waals surface area contributed by atoms with Gasteiger partial charge < -0.3 is 0 Å². The van der Waals surface area contributed by atoms with Crippen LogP contribution in [0.1, 0.15) is 22.5 Å². The van der Waals surface area contributed by atoms with Gasteiger partial charge in [-0.05, 0) is 15.9 Å². The molecular formula is C7H3BrF3NO. The fourth-order valence-electron chi connectivity index (χ4n) is 0.767. The van der Waals surface area contributed by atoms with Crippen LogP contribution in [-0.4, -0.2) is 11.3 Å². The molecule has 1 heterocycles. The first-order valence-electron chi connectivity index (χ1n) is 3.15. The zero-order chi connectivity index (χ0) is 10.0. The Kier molecular flexibility index (Phi) is 3.02. The molecule has 1 aromatic rings. The molecule has 0 aliphatic carbocycles. The van der Waals surface area contributed by atoms with Crippen LogP contribution >= 0.6 is 15.9 Å². The molecule has 0 saturated heterocycles. The molecular weight excluding hydrogens is 251 g/mol. The molecule has 0 aromatic carbocycles. The van der Waals surface area contributed by atoms with Gasteiger partial charge in [0.1, 0.15) is 16.1 Å². The van der Waals surface area contributed by atoms with Gasteiger partial charge in [0.2, 0.25) is 0 Å². The minimum Gasteiger partial charge on any atom is -0.296 e. The van der Waals surface area contributed by atoms with Gasteiger partial charge in [0.15, 0.2) is 6.29 Å². The lowest BCUT2D eigenvalue weighted by molar-refractivity contribution is 0.111. The number of nitrogens with zero attached hydrogens (tertiary/aromatic N) is 1. The van der Waals surface area contributed by atoms with Crippen LogP contribution in [0.4, 0.5) is 13.2 Å². The van der Waals surface area contributed by atoms with Crippen LogP contribution in [0.15, 0.2) is 10.7 Å². The lowest BCUT2D eigenvalue weighted by Crippen LogP contribution is -1.98. The van der Waals surface area contributed by atoms with Gasteiger partial charge in [-0.25, -0.2) is 18.2 Å². The number of halogens is 4. The molecule has 0 bridgehead atoms. The molecule has 0 saturated carbocycles. The average molecular weight is 254 g/mol. The number of rotatable bonds is 2. The first-order valence-corrected chi connectivity index (χ1v) is 3.95. The molecule has 0 spiro atoms. The lowest BCUT2D eigenvalue weighted by Gasteiger charge is -2.03. The zero-order valence-electron chi connectivity index (χ0n) is 6.10. The van der Waals surface area contributed by atoms with Crippen LogP contribution in [0.25, 0.3) is 0 Å². The van der Waals surface area contributed by atoms with E-state index >= 15 is 0 Å². The molecule has 1 aromatic heterocycles. The van der Waals surface area contributed by atoms with Crippen molar-refractivity contribution in [2.45, 2.75) is 6.43 Å². The molecule has 0 atom stereocenters. The zero-order valence-corrected chi connectivity index (χ0v) is 7.69. The highest BCUT2D eigenvalue weighted by Crippen LogP contribution is 2.28. The van der Waals surface area contributed by atoms with Crippen LogP contribution in [0.2, 0.25) is 0 Å². The summed E-state index contributed by atoms with van der Waals surface area (Å²) < 4.78 is 36.7. The third-order valence-electron chi connectivity index (χ3n) is 1.32. The number of aromatic nitrogens is 1. The van der Waals surface area contributed by atoms with Crippen molar-refractivity contribution < 1.29 is 18.0 Å². The Balaban J connectivity index is 3.31. The van der Waals surface area contributed by atoms with Crippen LogP contribution in [-0.2, 0) is 0 Å². The van der Waals surface area contributed by atoms with Crippen molar-refractivity contribution in [3.63, 3.8) is 0 Å². The van der Waals surface area contributed by atoms with E-state index in [0.717, 1.165) is 0 Å². The molecule has 0 amide bonds. The van der Waals surface area contributed by atoms with E-state index in [2.05, 4.69) is 20.9 Å². The van der Waals surface area contributed by atoms with E-state index in [1.165, 1.54) is 0 Å². The highest BCUT2D eigenvalue weighted by atomic mass is 79.9. The molecule has 2 nitrogen and oxygen atoms in total. The van der Waals surface area contributed by atoms with Crippen LogP contribution in [0, 0.1) is 5.82 Å². The highest BCUT2D eigenvalue weighted by molar-refractivity contribution is 9.10. The predicted molar refractivity (Wildman–Crippen MR) is 42.2 cm³/mol. The Hall–Kier alpha value is -0.910. The van der Waals surface area contributed by atoms with E-state index in [9.17, 15) is 18.0 Å². The second-order valence-electron chi connectivity index (χ2n) is 2.15. The smallest absolute Gasteiger partial charge is 0.269 e. The third kappa shape index (κ3) is 2.06. The fraction of sp³-hybridized carbons (Fsp3) is 0.143. The van der Waals surface area contributed by atoms with Gasteiger partial charge in [-0.3, -0.25) is 4.79 Å². The number of alkyl halides is 2. The van der Waals surface area contributed by atoms with Crippen molar-refractivity contribution in [1.29, 1.82) is 0 Å². The van der Waals surface area contributed by atoms with Gasteiger partial charge in [-0.2, -0.15) is 0 Å². The van der Waals surface area contributed by atoms with E-state index in [4.69, 9.17) is 0 Å². The topological polar surface area (TPSA) is 30.0 Å². The Morgan fingerprint density at radius 2 is 2.15 bits per heavy atom. The summed E-state index contributed by atoms with van der Waals surface area (Å²) in [7, 11) is 0. The predicted octanol–water partition coefficient (Wildman–Crippen LogP) is 2.73. The summed E-state index contributed by atoms with van der Waals surface area (Å²) in [6, 6.07) is 0.666. The van der Waals surface area contributed by atoms with Crippen LogP contribution in [0.5, 0.6) is 0 Å². The minimum absolute atomic E-state index is 0.228. The van der Waals surface area contributed by atoms with Gasteiger partial charge >= 0.3 is 0 Å². The van der Waals surface area contributed by atoms with E-state index in [-0.39, 0.29) is 16.6 Å². The largest absolute Gasteiger partial charge is 0.296 e. The molecule has 70 valence electrons. The standard InChI is InChI=1S/C7H3BrF3NO/c8-6-5(7(10)11)4(9)1-3(2-13)12-6/h1-2,7H. The second-order valence-corrected chi connectivity index (χ2v) is 2.90. The van der Waals surface area contributed by atoms with Gasteiger partial charge in [0, 0.05) is 6.07 Å². The van der Waals surface area contributed by atoms with Crippen molar-refractivity contribution in [2.24, 2.45) is 0 Å². The quantitative estimate of drug-likeness (QED) is 0.600. The second kappa shape index (κ2) is 3.87. The summed E-state index contributed by atoms with van der Waals surface area (Å²) in [5.74, 6) is -1.14. The average Bonchev–Trinajstić information content (AvgIpc) is 2.02. The molecule has 0 unspecified atom stereocenters. The van der Waals surface area contributed by atoms with Gasteiger partial charge in [0.25, 0.3) is 6.43 Å². The van der Waals surface area contributed by atoms with Crippen molar-refractivity contribution in [1.82, 2.24) is 4.98 Å². The van der Waals surface area contributed by atoms with Gasteiger partial charge in [-0.1, -0.05) is 0 Å². The number of hydrogen-bond acceptors (Lipinski definition) is 2. The first kappa shape index (κ1) is 10.2. The summed E-state index contributed by atoms with van der Waals surface area (Å²) in [5.41, 5.74) is -1.06. The van der Waals surface area contributed by atoms with E-state index in [0.29, 0.717) is 6.07 Å². The molecule has 6 heteroatoms. The minimum atomic E-state index is -2.96. The third-order valence-corrected chi connectivity index (χ3v) is 1.92.